The molecule has 2 aliphatic rings. The molecule has 0 spiro atoms. The fourth-order valence-electron chi connectivity index (χ4n) is 1.80. The zero-order valence-corrected chi connectivity index (χ0v) is 7.58. The Morgan fingerprint density at radius 1 is 1.33 bits per heavy atom. The Morgan fingerprint density at radius 3 is 2.75 bits per heavy atom. The van der Waals surface area contributed by atoms with E-state index in [-0.39, 0.29) is 0 Å². The van der Waals surface area contributed by atoms with E-state index in [0.717, 1.165) is 19.6 Å². The van der Waals surface area contributed by atoms with Crippen molar-refractivity contribution in [3.63, 3.8) is 0 Å². The van der Waals surface area contributed by atoms with Crippen molar-refractivity contribution in [3.05, 3.63) is 0 Å². The van der Waals surface area contributed by atoms with Crippen LogP contribution in [0.25, 0.3) is 0 Å². The number of rotatable bonds is 3. The first-order valence-corrected chi connectivity index (χ1v) is 4.79. The summed E-state index contributed by atoms with van der Waals surface area (Å²) in [5.74, 6) is 0. The minimum atomic E-state index is 0.382. The smallest absolute Gasteiger partial charge is 0.0834 e. The second kappa shape index (κ2) is 3.73. The molecule has 2 rings (SSSR count). The molecule has 0 bridgehead atoms. The summed E-state index contributed by atoms with van der Waals surface area (Å²) in [6.07, 6.45) is 4.31. The van der Waals surface area contributed by atoms with Gasteiger partial charge in [0.2, 0.25) is 0 Å². The maximum Gasteiger partial charge on any atom is 0.0834 e. The van der Waals surface area contributed by atoms with E-state index >= 15 is 0 Å². The highest BCUT2D eigenvalue weighted by atomic mass is 16.6. The molecule has 0 aromatic carbocycles. The van der Waals surface area contributed by atoms with Crippen LogP contribution in [0.1, 0.15) is 19.3 Å². The van der Waals surface area contributed by atoms with Gasteiger partial charge in [0.25, 0.3) is 0 Å². The van der Waals surface area contributed by atoms with Crippen molar-refractivity contribution in [2.75, 3.05) is 20.3 Å². The van der Waals surface area contributed by atoms with Crippen LogP contribution < -0.4 is 5.32 Å². The van der Waals surface area contributed by atoms with Gasteiger partial charge < -0.3 is 14.8 Å². The van der Waals surface area contributed by atoms with Gasteiger partial charge in [-0.3, -0.25) is 0 Å². The normalized spacial score (nSPS) is 41.2. The van der Waals surface area contributed by atoms with Gasteiger partial charge in [-0.05, 0) is 26.3 Å². The molecule has 1 N–H and O–H groups in total. The highest BCUT2D eigenvalue weighted by molar-refractivity contribution is 4.86. The van der Waals surface area contributed by atoms with E-state index in [9.17, 15) is 0 Å². The van der Waals surface area contributed by atoms with Gasteiger partial charge in [0.05, 0.1) is 18.8 Å². The molecule has 1 saturated carbocycles. The van der Waals surface area contributed by atoms with Crippen molar-refractivity contribution < 1.29 is 9.47 Å². The van der Waals surface area contributed by atoms with Gasteiger partial charge in [0.15, 0.2) is 0 Å². The highest BCUT2D eigenvalue weighted by Gasteiger charge is 2.31. The maximum absolute atomic E-state index is 5.81. The summed E-state index contributed by atoms with van der Waals surface area (Å²) in [4.78, 5) is 0. The summed E-state index contributed by atoms with van der Waals surface area (Å²) in [5, 5.41) is 3.25. The summed E-state index contributed by atoms with van der Waals surface area (Å²) in [6.45, 7) is 1.69. The van der Waals surface area contributed by atoms with Crippen LogP contribution in [-0.2, 0) is 9.47 Å². The fourth-order valence-corrected chi connectivity index (χ4v) is 1.80. The molecule has 1 aliphatic carbocycles. The van der Waals surface area contributed by atoms with E-state index in [1.807, 2.05) is 7.05 Å². The van der Waals surface area contributed by atoms with Gasteiger partial charge in [-0.25, -0.2) is 0 Å². The molecule has 1 atom stereocenters. The van der Waals surface area contributed by atoms with Crippen LogP contribution in [-0.4, -0.2) is 38.5 Å². The van der Waals surface area contributed by atoms with Crippen LogP contribution >= 0.6 is 0 Å². The average molecular weight is 171 g/mol. The van der Waals surface area contributed by atoms with Crippen LogP contribution in [0.2, 0.25) is 0 Å². The quantitative estimate of drug-likeness (QED) is 0.672. The molecule has 1 heterocycles. The second-order valence-corrected chi connectivity index (χ2v) is 3.70. The van der Waals surface area contributed by atoms with Gasteiger partial charge in [0.1, 0.15) is 0 Å². The number of hydrogen-bond donors (Lipinski definition) is 1. The van der Waals surface area contributed by atoms with E-state index in [2.05, 4.69) is 5.32 Å². The first-order chi connectivity index (χ1) is 5.88. The molecule has 2 fully saturated rings. The molecule has 0 aromatic heterocycles. The largest absolute Gasteiger partial charge is 0.379 e. The molecule has 0 aromatic rings. The SMILES string of the molecule is CNC1CC(OC2CCOC2)C1. The lowest BCUT2D eigenvalue weighted by Gasteiger charge is -2.36. The van der Waals surface area contributed by atoms with E-state index < -0.39 is 0 Å². The molecule has 1 unspecified atom stereocenters. The van der Waals surface area contributed by atoms with Crippen LogP contribution in [0.5, 0.6) is 0 Å². The van der Waals surface area contributed by atoms with E-state index in [1.165, 1.54) is 12.8 Å². The fraction of sp³-hybridized carbons (Fsp3) is 1.00. The Hall–Kier alpha value is -0.120. The lowest BCUT2D eigenvalue weighted by atomic mass is 9.89. The van der Waals surface area contributed by atoms with Crippen LogP contribution in [0, 0.1) is 0 Å². The summed E-state index contributed by atoms with van der Waals surface area (Å²) in [6, 6.07) is 0.692. The van der Waals surface area contributed by atoms with Gasteiger partial charge >= 0.3 is 0 Å². The molecule has 12 heavy (non-hydrogen) atoms. The standard InChI is InChI=1S/C9H17NO2/c1-10-7-4-9(5-7)12-8-2-3-11-6-8/h7-10H,2-6H2,1H3. The Bertz CT molecular complexity index is 139. The predicted octanol–water partition coefficient (Wildman–Crippen LogP) is 0.542. The number of ether oxygens (including phenoxy) is 2. The van der Waals surface area contributed by atoms with Crippen LogP contribution in [0.3, 0.4) is 0 Å². The number of nitrogens with one attached hydrogen (secondary N) is 1. The molecule has 1 aliphatic heterocycles. The van der Waals surface area contributed by atoms with Crippen LogP contribution in [0.4, 0.5) is 0 Å². The maximum atomic E-state index is 5.81. The van der Waals surface area contributed by atoms with Gasteiger partial charge in [-0.15, -0.1) is 0 Å². The predicted molar refractivity (Wildman–Crippen MR) is 46.2 cm³/mol. The molecular weight excluding hydrogens is 154 g/mol. The highest BCUT2D eigenvalue weighted by Crippen LogP contribution is 2.25. The van der Waals surface area contributed by atoms with E-state index in [1.54, 1.807) is 0 Å². The van der Waals surface area contributed by atoms with Crippen molar-refractivity contribution in [3.8, 4) is 0 Å². The summed E-state index contributed by atoms with van der Waals surface area (Å²) >= 11 is 0. The molecule has 3 nitrogen and oxygen atoms in total. The van der Waals surface area contributed by atoms with Crippen LogP contribution in [0.15, 0.2) is 0 Å². The summed E-state index contributed by atoms with van der Waals surface area (Å²) in [7, 11) is 2.01. The Balaban J connectivity index is 1.62. The lowest BCUT2D eigenvalue weighted by Crippen LogP contribution is -2.45. The van der Waals surface area contributed by atoms with Crippen molar-refractivity contribution in [1.29, 1.82) is 0 Å². The van der Waals surface area contributed by atoms with Crippen molar-refractivity contribution in [2.24, 2.45) is 0 Å². The first kappa shape index (κ1) is 8.48. The van der Waals surface area contributed by atoms with E-state index in [4.69, 9.17) is 9.47 Å². The van der Waals surface area contributed by atoms with Crippen molar-refractivity contribution in [1.82, 2.24) is 5.32 Å². The third-order valence-corrected chi connectivity index (χ3v) is 2.78. The first-order valence-electron chi connectivity index (χ1n) is 4.79. The Morgan fingerprint density at radius 2 is 2.17 bits per heavy atom. The number of hydrogen-bond acceptors (Lipinski definition) is 3. The van der Waals surface area contributed by atoms with Crippen molar-refractivity contribution >= 4 is 0 Å². The summed E-state index contributed by atoms with van der Waals surface area (Å²) < 4.78 is 11.1. The van der Waals surface area contributed by atoms with Gasteiger partial charge in [-0.2, -0.15) is 0 Å². The average Bonchev–Trinajstić information content (AvgIpc) is 2.47. The van der Waals surface area contributed by atoms with Gasteiger partial charge in [0, 0.05) is 12.6 Å². The monoisotopic (exact) mass is 171 g/mol. The third kappa shape index (κ3) is 1.79. The zero-order valence-electron chi connectivity index (χ0n) is 7.58. The van der Waals surface area contributed by atoms with Gasteiger partial charge in [-0.1, -0.05) is 0 Å². The molecule has 0 amide bonds. The molecule has 70 valence electrons. The zero-order chi connectivity index (χ0) is 8.39. The minimum absolute atomic E-state index is 0.382. The third-order valence-electron chi connectivity index (χ3n) is 2.78. The van der Waals surface area contributed by atoms with Crippen molar-refractivity contribution in [2.45, 2.75) is 37.5 Å². The summed E-state index contributed by atoms with van der Waals surface area (Å²) in [5.41, 5.74) is 0. The molecule has 0 radical (unpaired) electrons. The Kier molecular flexibility index (Phi) is 2.63. The Labute approximate surface area is 73.4 Å². The topological polar surface area (TPSA) is 30.5 Å². The molecule has 3 heteroatoms. The second-order valence-electron chi connectivity index (χ2n) is 3.70. The molecule has 1 saturated heterocycles. The lowest BCUT2D eigenvalue weighted by molar-refractivity contribution is -0.0640. The van der Waals surface area contributed by atoms with E-state index in [0.29, 0.717) is 18.2 Å². The molecular formula is C9H17NO2. The minimum Gasteiger partial charge on any atom is -0.379 e.